The van der Waals surface area contributed by atoms with E-state index in [1.807, 2.05) is 24.3 Å². The van der Waals surface area contributed by atoms with Crippen LogP contribution in [0.4, 0.5) is 0 Å². The standard InChI is InChI=1S/C20H23N3O2/c1-13(2)10-18(19-21-16-8-3-4-9-17(16)22-19)23-20(25)15-7-5-6-14(11-15)12-24/h3-9,11,13,18,24H,10,12H2,1-2H3,(H,21,22)(H,23,25)/t18-/m0/s1. The Morgan fingerprint density at radius 1 is 1.20 bits per heavy atom. The lowest BCUT2D eigenvalue weighted by Crippen LogP contribution is -2.30. The quantitative estimate of drug-likeness (QED) is 0.643. The first-order chi connectivity index (χ1) is 12.1. The molecule has 1 heterocycles. The van der Waals surface area contributed by atoms with E-state index in [0.29, 0.717) is 11.5 Å². The van der Waals surface area contributed by atoms with Crippen molar-refractivity contribution >= 4 is 16.9 Å². The van der Waals surface area contributed by atoms with Crippen molar-refractivity contribution in [1.29, 1.82) is 0 Å². The minimum atomic E-state index is -0.197. The van der Waals surface area contributed by atoms with Crippen molar-refractivity contribution in [2.24, 2.45) is 5.92 Å². The monoisotopic (exact) mass is 337 g/mol. The van der Waals surface area contributed by atoms with Gasteiger partial charge in [0.1, 0.15) is 5.82 Å². The Bertz CT molecular complexity index is 837. The molecule has 5 nitrogen and oxygen atoms in total. The fraction of sp³-hybridized carbons (Fsp3) is 0.300. The number of amides is 1. The van der Waals surface area contributed by atoms with E-state index in [4.69, 9.17) is 0 Å². The summed E-state index contributed by atoms with van der Waals surface area (Å²) in [6, 6.07) is 14.7. The Balaban J connectivity index is 1.86. The van der Waals surface area contributed by atoms with Crippen molar-refractivity contribution in [1.82, 2.24) is 15.3 Å². The zero-order valence-corrected chi connectivity index (χ0v) is 14.5. The third-order valence-electron chi connectivity index (χ3n) is 4.12. The molecule has 0 bridgehead atoms. The molecule has 2 aromatic carbocycles. The van der Waals surface area contributed by atoms with E-state index in [0.717, 1.165) is 28.8 Å². The minimum Gasteiger partial charge on any atom is -0.392 e. The molecule has 0 saturated heterocycles. The Hall–Kier alpha value is -2.66. The summed E-state index contributed by atoms with van der Waals surface area (Å²) in [6.45, 7) is 4.16. The van der Waals surface area contributed by atoms with E-state index < -0.39 is 0 Å². The summed E-state index contributed by atoms with van der Waals surface area (Å²) in [7, 11) is 0. The first-order valence-corrected chi connectivity index (χ1v) is 8.52. The van der Waals surface area contributed by atoms with E-state index in [-0.39, 0.29) is 18.6 Å². The smallest absolute Gasteiger partial charge is 0.251 e. The number of hydrogen-bond acceptors (Lipinski definition) is 3. The molecule has 25 heavy (non-hydrogen) atoms. The topological polar surface area (TPSA) is 78.0 Å². The molecule has 5 heteroatoms. The Kier molecular flexibility index (Phi) is 5.14. The molecule has 1 atom stereocenters. The first kappa shape index (κ1) is 17.2. The van der Waals surface area contributed by atoms with Crippen molar-refractivity contribution in [3.63, 3.8) is 0 Å². The van der Waals surface area contributed by atoms with Crippen LogP contribution in [0.5, 0.6) is 0 Å². The number of aliphatic hydroxyl groups is 1. The second-order valence-electron chi connectivity index (χ2n) is 6.65. The molecule has 0 radical (unpaired) electrons. The molecule has 0 aliphatic carbocycles. The molecule has 1 aromatic heterocycles. The van der Waals surface area contributed by atoms with Crippen molar-refractivity contribution in [2.45, 2.75) is 32.9 Å². The van der Waals surface area contributed by atoms with Crippen molar-refractivity contribution < 1.29 is 9.90 Å². The van der Waals surface area contributed by atoms with Crippen LogP contribution in [0, 0.1) is 5.92 Å². The van der Waals surface area contributed by atoms with E-state index in [2.05, 4.69) is 29.1 Å². The van der Waals surface area contributed by atoms with Gasteiger partial charge in [0.25, 0.3) is 5.91 Å². The van der Waals surface area contributed by atoms with Crippen LogP contribution in [0.3, 0.4) is 0 Å². The van der Waals surface area contributed by atoms with Crippen LogP contribution in [-0.4, -0.2) is 21.0 Å². The molecule has 3 N–H and O–H groups in total. The number of nitrogens with zero attached hydrogens (tertiary/aromatic N) is 1. The molecule has 130 valence electrons. The van der Waals surface area contributed by atoms with Gasteiger partial charge >= 0.3 is 0 Å². The van der Waals surface area contributed by atoms with Crippen LogP contribution in [0.15, 0.2) is 48.5 Å². The number of imidazole rings is 1. The molecule has 0 aliphatic heterocycles. The van der Waals surface area contributed by atoms with E-state index in [1.54, 1.807) is 24.3 Å². The molecular formula is C20H23N3O2. The molecule has 3 rings (SSSR count). The van der Waals surface area contributed by atoms with Crippen molar-refractivity contribution in [3.05, 3.63) is 65.5 Å². The number of hydrogen-bond donors (Lipinski definition) is 3. The number of benzene rings is 2. The largest absolute Gasteiger partial charge is 0.392 e. The number of aromatic nitrogens is 2. The van der Waals surface area contributed by atoms with Crippen molar-refractivity contribution in [3.8, 4) is 0 Å². The number of para-hydroxylation sites is 2. The zero-order valence-electron chi connectivity index (χ0n) is 14.5. The summed E-state index contributed by atoms with van der Waals surface area (Å²) < 4.78 is 0. The second kappa shape index (κ2) is 7.49. The molecule has 0 saturated carbocycles. The van der Waals surface area contributed by atoms with E-state index >= 15 is 0 Å². The predicted molar refractivity (Wildman–Crippen MR) is 98.1 cm³/mol. The lowest BCUT2D eigenvalue weighted by molar-refractivity contribution is 0.0930. The van der Waals surface area contributed by atoms with Crippen LogP contribution in [0.25, 0.3) is 11.0 Å². The van der Waals surface area contributed by atoms with Gasteiger partial charge in [-0.3, -0.25) is 4.79 Å². The Labute approximate surface area is 147 Å². The molecule has 3 aromatic rings. The van der Waals surface area contributed by atoms with Crippen LogP contribution in [0.2, 0.25) is 0 Å². The minimum absolute atomic E-state index is 0.0832. The summed E-state index contributed by atoms with van der Waals surface area (Å²) in [5.41, 5.74) is 3.11. The molecule has 0 fully saturated rings. The number of H-pyrrole nitrogens is 1. The Morgan fingerprint density at radius 3 is 2.72 bits per heavy atom. The average Bonchev–Trinajstić information content (AvgIpc) is 3.05. The van der Waals surface area contributed by atoms with Gasteiger partial charge in [-0.15, -0.1) is 0 Å². The molecule has 1 amide bonds. The SMILES string of the molecule is CC(C)C[C@H](NC(=O)c1cccc(CO)c1)c1nc2ccccc2[nH]1. The maximum absolute atomic E-state index is 12.7. The summed E-state index contributed by atoms with van der Waals surface area (Å²) in [6.07, 6.45) is 0.783. The van der Waals surface area contributed by atoms with Gasteiger partial charge in [-0.05, 0) is 42.2 Å². The summed E-state index contributed by atoms with van der Waals surface area (Å²) >= 11 is 0. The highest BCUT2D eigenvalue weighted by atomic mass is 16.3. The van der Waals surface area contributed by atoms with Gasteiger partial charge in [0, 0.05) is 5.56 Å². The fourth-order valence-corrected chi connectivity index (χ4v) is 2.90. The van der Waals surface area contributed by atoms with Gasteiger partial charge in [0.2, 0.25) is 0 Å². The number of aliphatic hydroxyl groups excluding tert-OH is 1. The second-order valence-corrected chi connectivity index (χ2v) is 6.65. The summed E-state index contributed by atoms with van der Waals surface area (Å²) in [4.78, 5) is 20.6. The highest BCUT2D eigenvalue weighted by Crippen LogP contribution is 2.22. The van der Waals surface area contributed by atoms with Gasteiger partial charge in [-0.25, -0.2) is 4.98 Å². The lowest BCUT2D eigenvalue weighted by Gasteiger charge is -2.19. The average molecular weight is 337 g/mol. The van der Waals surface area contributed by atoms with E-state index in [9.17, 15) is 9.90 Å². The number of rotatable bonds is 6. The van der Waals surface area contributed by atoms with Gasteiger partial charge in [-0.1, -0.05) is 38.1 Å². The number of nitrogens with one attached hydrogen (secondary N) is 2. The highest BCUT2D eigenvalue weighted by molar-refractivity contribution is 5.94. The third kappa shape index (κ3) is 4.06. The van der Waals surface area contributed by atoms with Gasteiger partial charge in [0.15, 0.2) is 0 Å². The van der Waals surface area contributed by atoms with E-state index in [1.165, 1.54) is 0 Å². The first-order valence-electron chi connectivity index (χ1n) is 8.52. The lowest BCUT2D eigenvalue weighted by atomic mass is 10.0. The Morgan fingerprint density at radius 2 is 2.00 bits per heavy atom. The summed E-state index contributed by atoms with van der Waals surface area (Å²) in [5.74, 6) is 1.00. The number of fused-ring (bicyclic) bond motifs is 1. The number of aromatic amines is 1. The number of carbonyl (C=O) groups excluding carboxylic acids is 1. The third-order valence-corrected chi connectivity index (χ3v) is 4.12. The van der Waals surface area contributed by atoms with Crippen LogP contribution in [0.1, 0.15) is 48.1 Å². The van der Waals surface area contributed by atoms with Crippen molar-refractivity contribution in [2.75, 3.05) is 0 Å². The highest BCUT2D eigenvalue weighted by Gasteiger charge is 2.20. The van der Waals surface area contributed by atoms with Crippen LogP contribution < -0.4 is 5.32 Å². The van der Waals surface area contributed by atoms with Gasteiger partial charge in [-0.2, -0.15) is 0 Å². The molecule has 0 spiro atoms. The number of carbonyl (C=O) groups is 1. The maximum Gasteiger partial charge on any atom is 0.251 e. The fourth-order valence-electron chi connectivity index (χ4n) is 2.90. The molecule has 0 aliphatic rings. The van der Waals surface area contributed by atoms with Crippen LogP contribution in [-0.2, 0) is 6.61 Å². The normalized spacial score (nSPS) is 12.5. The molecule has 0 unspecified atom stereocenters. The van der Waals surface area contributed by atoms with Crippen LogP contribution >= 0.6 is 0 Å². The van der Waals surface area contributed by atoms with Gasteiger partial charge < -0.3 is 15.4 Å². The van der Waals surface area contributed by atoms with Gasteiger partial charge in [0.05, 0.1) is 23.7 Å². The maximum atomic E-state index is 12.7. The zero-order chi connectivity index (χ0) is 17.8. The predicted octanol–water partition coefficient (Wildman–Crippen LogP) is 3.57. The summed E-state index contributed by atoms with van der Waals surface area (Å²) in [5, 5.41) is 12.3. The molecular weight excluding hydrogens is 314 g/mol.